The summed E-state index contributed by atoms with van der Waals surface area (Å²) in [6, 6.07) is 3.84. The van der Waals surface area contributed by atoms with Gasteiger partial charge in [0.2, 0.25) is 0 Å². The van der Waals surface area contributed by atoms with Crippen molar-refractivity contribution in [2.45, 2.75) is 29.6 Å². The second-order valence-corrected chi connectivity index (χ2v) is 5.84. The second kappa shape index (κ2) is 4.90. The van der Waals surface area contributed by atoms with E-state index in [0.29, 0.717) is 18.5 Å². The fourth-order valence-electron chi connectivity index (χ4n) is 2.22. The van der Waals surface area contributed by atoms with Crippen molar-refractivity contribution in [3.8, 4) is 11.5 Å². The Hall–Kier alpha value is -1.07. The minimum Gasteiger partial charge on any atom is -0.486 e. The summed E-state index contributed by atoms with van der Waals surface area (Å²) < 4.78 is 16.7. The maximum Gasteiger partial charge on any atom is 0.163 e. The summed E-state index contributed by atoms with van der Waals surface area (Å²) in [7, 11) is 0. The minimum absolute atomic E-state index is 0.280. The van der Waals surface area contributed by atoms with E-state index in [1.54, 1.807) is 11.8 Å². The molecule has 5 heteroatoms. The SMILES string of the molecule is CC1OCCC1Sc1cc2c(cc1N)OCCO2. The lowest BCUT2D eigenvalue weighted by molar-refractivity contribution is 0.127. The first-order valence-electron chi connectivity index (χ1n) is 6.21. The third-order valence-electron chi connectivity index (χ3n) is 3.26. The highest BCUT2D eigenvalue weighted by Gasteiger charge is 2.26. The van der Waals surface area contributed by atoms with E-state index in [9.17, 15) is 0 Å². The van der Waals surface area contributed by atoms with Gasteiger partial charge in [0.15, 0.2) is 11.5 Å². The van der Waals surface area contributed by atoms with E-state index in [1.165, 1.54) is 0 Å². The molecular formula is C13H17NO3S. The molecule has 4 nitrogen and oxygen atoms in total. The van der Waals surface area contributed by atoms with Crippen molar-refractivity contribution >= 4 is 17.4 Å². The van der Waals surface area contributed by atoms with Gasteiger partial charge in [-0.25, -0.2) is 0 Å². The van der Waals surface area contributed by atoms with Crippen molar-refractivity contribution < 1.29 is 14.2 Å². The van der Waals surface area contributed by atoms with Crippen molar-refractivity contribution in [3.05, 3.63) is 12.1 Å². The Balaban J connectivity index is 1.83. The van der Waals surface area contributed by atoms with Gasteiger partial charge in [0.05, 0.1) is 6.10 Å². The average Bonchev–Trinajstić information content (AvgIpc) is 2.76. The van der Waals surface area contributed by atoms with Crippen LogP contribution in [-0.2, 0) is 4.74 Å². The molecule has 1 aromatic rings. The third kappa shape index (κ3) is 2.24. The summed E-state index contributed by atoms with van der Waals surface area (Å²) in [5.41, 5.74) is 6.82. The molecule has 0 bridgehead atoms. The number of anilines is 1. The Morgan fingerprint density at radius 3 is 2.56 bits per heavy atom. The Bertz CT molecular complexity index is 452. The Morgan fingerprint density at radius 2 is 1.89 bits per heavy atom. The lowest BCUT2D eigenvalue weighted by Crippen LogP contribution is -2.16. The van der Waals surface area contributed by atoms with Crippen LogP contribution in [0.4, 0.5) is 5.69 Å². The van der Waals surface area contributed by atoms with Crippen LogP contribution in [0, 0.1) is 0 Å². The van der Waals surface area contributed by atoms with Gasteiger partial charge in [0, 0.05) is 28.5 Å². The number of rotatable bonds is 2. The molecular weight excluding hydrogens is 250 g/mol. The zero-order valence-electron chi connectivity index (χ0n) is 10.3. The number of hydrogen-bond acceptors (Lipinski definition) is 5. The molecule has 0 aromatic heterocycles. The maximum atomic E-state index is 6.07. The van der Waals surface area contributed by atoms with Crippen molar-refractivity contribution in [2.75, 3.05) is 25.6 Å². The molecule has 2 unspecified atom stereocenters. The van der Waals surface area contributed by atoms with Crippen LogP contribution < -0.4 is 15.2 Å². The predicted octanol–water partition coefficient (Wildman–Crippen LogP) is 2.31. The molecule has 2 aliphatic heterocycles. The topological polar surface area (TPSA) is 53.7 Å². The standard InChI is InChI=1S/C13H17NO3S/c1-8-12(2-3-15-8)18-13-7-11-10(6-9(13)14)16-4-5-17-11/h6-8,12H,2-5,14H2,1H3. The lowest BCUT2D eigenvalue weighted by atomic mass is 10.2. The van der Waals surface area contributed by atoms with Crippen LogP contribution in [-0.4, -0.2) is 31.2 Å². The van der Waals surface area contributed by atoms with Gasteiger partial charge < -0.3 is 19.9 Å². The van der Waals surface area contributed by atoms with Gasteiger partial charge in [-0.3, -0.25) is 0 Å². The number of hydrogen-bond donors (Lipinski definition) is 1. The largest absolute Gasteiger partial charge is 0.486 e. The van der Waals surface area contributed by atoms with Crippen molar-refractivity contribution in [2.24, 2.45) is 0 Å². The molecule has 3 rings (SSSR count). The second-order valence-electron chi connectivity index (χ2n) is 4.55. The highest BCUT2D eigenvalue weighted by molar-refractivity contribution is 8.00. The number of thioether (sulfide) groups is 1. The van der Waals surface area contributed by atoms with E-state index in [1.807, 2.05) is 12.1 Å². The van der Waals surface area contributed by atoms with Crippen LogP contribution in [0.3, 0.4) is 0 Å². The number of nitrogens with two attached hydrogens (primary N) is 1. The van der Waals surface area contributed by atoms with E-state index in [0.717, 1.165) is 35.1 Å². The Morgan fingerprint density at radius 1 is 1.17 bits per heavy atom. The molecule has 0 spiro atoms. The molecule has 0 amide bonds. The van der Waals surface area contributed by atoms with Crippen LogP contribution in [0.15, 0.2) is 17.0 Å². The summed E-state index contributed by atoms with van der Waals surface area (Å²) >= 11 is 1.77. The Labute approximate surface area is 111 Å². The van der Waals surface area contributed by atoms with E-state index in [2.05, 4.69) is 6.92 Å². The zero-order chi connectivity index (χ0) is 12.5. The molecule has 2 heterocycles. The van der Waals surface area contributed by atoms with Gasteiger partial charge >= 0.3 is 0 Å². The first kappa shape index (κ1) is 12.0. The zero-order valence-corrected chi connectivity index (χ0v) is 11.2. The van der Waals surface area contributed by atoms with Crippen LogP contribution in [0.1, 0.15) is 13.3 Å². The molecule has 0 saturated carbocycles. The molecule has 0 radical (unpaired) electrons. The van der Waals surface area contributed by atoms with Gasteiger partial charge in [-0.1, -0.05) is 0 Å². The molecule has 0 aliphatic carbocycles. The smallest absolute Gasteiger partial charge is 0.163 e. The van der Waals surface area contributed by atoms with Crippen molar-refractivity contribution in [1.29, 1.82) is 0 Å². The van der Waals surface area contributed by atoms with Gasteiger partial charge in [0.25, 0.3) is 0 Å². The van der Waals surface area contributed by atoms with Gasteiger partial charge in [-0.15, -0.1) is 11.8 Å². The Kier molecular flexibility index (Phi) is 3.26. The molecule has 1 saturated heterocycles. The van der Waals surface area contributed by atoms with Gasteiger partial charge in [0.1, 0.15) is 13.2 Å². The first-order chi connectivity index (χ1) is 8.74. The molecule has 2 aliphatic rings. The molecule has 1 fully saturated rings. The highest BCUT2D eigenvalue weighted by atomic mass is 32.2. The number of ether oxygens (including phenoxy) is 3. The summed E-state index contributed by atoms with van der Waals surface area (Å²) in [5.74, 6) is 1.54. The molecule has 2 N–H and O–H groups in total. The average molecular weight is 267 g/mol. The maximum absolute atomic E-state index is 6.07. The summed E-state index contributed by atoms with van der Waals surface area (Å²) in [5, 5.41) is 0.467. The monoisotopic (exact) mass is 267 g/mol. The number of benzene rings is 1. The number of fused-ring (bicyclic) bond motifs is 1. The highest BCUT2D eigenvalue weighted by Crippen LogP contribution is 2.42. The van der Waals surface area contributed by atoms with Crippen LogP contribution in [0.5, 0.6) is 11.5 Å². The normalized spacial score (nSPS) is 26.3. The van der Waals surface area contributed by atoms with E-state index >= 15 is 0 Å². The fourth-order valence-corrected chi connectivity index (χ4v) is 3.40. The van der Waals surface area contributed by atoms with Crippen molar-refractivity contribution in [1.82, 2.24) is 0 Å². The molecule has 2 atom stereocenters. The lowest BCUT2D eigenvalue weighted by Gasteiger charge is -2.21. The summed E-state index contributed by atoms with van der Waals surface area (Å²) in [6.45, 7) is 4.14. The minimum atomic E-state index is 0.280. The molecule has 98 valence electrons. The van der Waals surface area contributed by atoms with Crippen molar-refractivity contribution in [3.63, 3.8) is 0 Å². The molecule has 1 aromatic carbocycles. The third-order valence-corrected chi connectivity index (χ3v) is 4.79. The van der Waals surface area contributed by atoms with Gasteiger partial charge in [-0.05, 0) is 19.4 Å². The molecule has 18 heavy (non-hydrogen) atoms. The summed E-state index contributed by atoms with van der Waals surface area (Å²) in [6.07, 6.45) is 1.35. The van der Waals surface area contributed by atoms with Gasteiger partial charge in [-0.2, -0.15) is 0 Å². The fraction of sp³-hybridized carbons (Fsp3) is 0.538. The van der Waals surface area contributed by atoms with Crippen LogP contribution in [0.2, 0.25) is 0 Å². The van der Waals surface area contributed by atoms with Crippen LogP contribution in [0.25, 0.3) is 0 Å². The van der Waals surface area contributed by atoms with E-state index < -0.39 is 0 Å². The predicted molar refractivity (Wildman–Crippen MR) is 71.5 cm³/mol. The first-order valence-corrected chi connectivity index (χ1v) is 7.09. The van der Waals surface area contributed by atoms with Crippen LogP contribution >= 0.6 is 11.8 Å². The van der Waals surface area contributed by atoms with E-state index in [-0.39, 0.29) is 6.10 Å². The number of nitrogen functional groups attached to an aromatic ring is 1. The quantitative estimate of drug-likeness (QED) is 0.833. The van der Waals surface area contributed by atoms with E-state index in [4.69, 9.17) is 19.9 Å². The summed E-state index contributed by atoms with van der Waals surface area (Å²) in [4.78, 5) is 1.06.